The first-order valence-electron chi connectivity index (χ1n) is 6.80. The van der Waals surface area contributed by atoms with Gasteiger partial charge in [0.05, 0.1) is 11.9 Å². The molecule has 0 unspecified atom stereocenters. The lowest BCUT2D eigenvalue weighted by molar-refractivity contribution is 0.384. The number of rotatable bonds is 4. The predicted octanol–water partition coefficient (Wildman–Crippen LogP) is 3.49. The quantitative estimate of drug-likeness (QED) is 0.618. The molecule has 0 amide bonds. The minimum absolute atomic E-state index is 0.324. The molecule has 0 radical (unpaired) electrons. The van der Waals surface area contributed by atoms with Crippen LogP contribution in [0.4, 0.5) is 10.2 Å². The topological polar surface area (TPSA) is 76.7 Å². The highest BCUT2D eigenvalue weighted by molar-refractivity contribution is 7.16. The zero-order chi connectivity index (χ0) is 15.6. The highest BCUT2D eigenvalue weighted by Gasteiger charge is 2.10. The molecule has 0 aliphatic rings. The van der Waals surface area contributed by atoms with Crippen LogP contribution in [0.25, 0.3) is 21.6 Å². The van der Waals surface area contributed by atoms with E-state index in [4.69, 9.17) is 4.52 Å². The minimum atomic E-state index is -0.340. The van der Waals surface area contributed by atoms with Gasteiger partial charge in [-0.2, -0.15) is 4.98 Å². The molecule has 1 aromatic carbocycles. The van der Waals surface area contributed by atoms with Crippen LogP contribution in [0.3, 0.4) is 0 Å². The molecule has 0 saturated carbocycles. The third-order valence-corrected chi connectivity index (χ3v) is 4.04. The number of aromatic nitrogens is 4. The van der Waals surface area contributed by atoms with Gasteiger partial charge in [-0.3, -0.25) is 0 Å². The molecule has 4 rings (SSSR count). The van der Waals surface area contributed by atoms with Gasteiger partial charge in [0.2, 0.25) is 11.7 Å². The van der Waals surface area contributed by atoms with Crippen LogP contribution in [0.2, 0.25) is 0 Å². The fourth-order valence-corrected chi connectivity index (χ4v) is 2.89. The van der Waals surface area contributed by atoms with Crippen molar-refractivity contribution in [3.63, 3.8) is 0 Å². The predicted molar refractivity (Wildman–Crippen MR) is 84.4 cm³/mol. The van der Waals surface area contributed by atoms with E-state index >= 15 is 0 Å². The molecular weight excluding hydrogens is 317 g/mol. The van der Waals surface area contributed by atoms with E-state index in [1.807, 2.05) is 11.4 Å². The van der Waals surface area contributed by atoms with E-state index in [9.17, 15) is 4.39 Å². The molecule has 3 aromatic heterocycles. The van der Waals surface area contributed by atoms with E-state index in [0.717, 1.165) is 10.2 Å². The van der Waals surface area contributed by atoms with Gasteiger partial charge in [0.15, 0.2) is 0 Å². The summed E-state index contributed by atoms with van der Waals surface area (Å²) in [7, 11) is 0. The molecule has 0 spiro atoms. The van der Waals surface area contributed by atoms with Gasteiger partial charge < -0.3 is 9.84 Å². The average molecular weight is 327 g/mol. The SMILES string of the molecule is Fc1cccc(-c2noc(CNc3ncnc4sccc34)n2)c1. The summed E-state index contributed by atoms with van der Waals surface area (Å²) in [5.74, 6) is 1.12. The van der Waals surface area contributed by atoms with Crippen LogP contribution in [0.5, 0.6) is 0 Å². The van der Waals surface area contributed by atoms with Crippen molar-refractivity contribution in [1.82, 2.24) is 20.1 Å². The number of nitrogens with zero attached hydrogens (tertiary/aromatic N) is 4. The van der Waals surface area contributed by atoms with Gasteiger partial charge in [0.25, 0.3) is 0 Å². The van der Waals surface area contributed by atoms with Gasteiger partial charge in [-0.25, -0.2) is 14.4 Å². The number of thiophene rings is 1. The van der Waals surface area contributed by atoms with Crippen LogP contribution in [-0.4, -0.2) is 20.1 Å². The van der Waals surface area contributed by atoms with Crippen LogP contribution in [-0.2, 0) is 6.54 Å². The van der Waals surface area contributed by atoms with Crippen molar-refractivity contribution in [2.24, 2.45) is 0 Å². The lowest BCUT2D eigenvalue weighted by Crippen LogP contribution is -2.02. The molecule has 4 aromatic rings. The van der Waals surface area contributed by atoms with Crippen LogP contribution >= 0.6 is 11.3 Å². The Morgan fingerprint density at radius 2 is 2.17 bits per heavy atom. The lowest BCUT2D eigenvalue weighted by atomic mass is 10.2. The fraction of sp³-hybridized carbons (Fsp3) is 0.0667. The normalized spacial score (nSPS) is 11.0. The van der Waals surface area contributed by atoms with Crippen molar-refractivity contribution in [1.29, 1.82) is 0 Å². The van der Waals surface area contributed by atoms with Crippen molar-refractivity contribution < 1.29 is 8.91 Å². The number of hydrogen-bond acceptors (Lipinski definition) is 7. The smallest absolute Gasteiger partial charge is 0.246 e. The number of fused-ring (bicyclic) bond motifs is 1. The third-order valence-electron chi connectivity index (χ3n) is 3.22. The first kappa shape index (κ1) is 13.8. The summed E-state index contributed by atoms with van der Waals surface area (Å²) < 4.78 is 18.4. The number of nitrogens with one attached hydrogen (secondary N) is 1. The summed E-state index contributed by atoms with van der Waals surface area (Å²) >= 11 is 1.55. The Hall–Kier alpha value is -2.87. The molecule has 6 nitrogen and oxygen atoms in total. The van der Waals surface area contributed by atoms with E-state index in [1.165, 1.54) is 18.5 Å². The van der Waals surface area contributed by atoms with E-state index in [-0.39, 0.29) is 5.82 Å². The van der Waals surface area contributed by atoms with Crippen molar-refractivity contribution in [3.8, 4) is 11.4 Å². The Morgan fingerprint density at radius 3 is 3.09 bits per heavy atom. The van der Waals surface area contributed by atoms with Crippen molar-refractivity contribution in [2.75, 3.05) is 5.32 Å². The molecule has 0 atom stereocenters. The maximum atomic E-state index is 13.2. The molecular formula is C15H10FN5OS. The van der Waals surface area contributed by atoms with E-state index in [2.05, 4.69) is 25.4 Å². The Kier molecular flexibility index (Phi) is 3.43. The summed E-state index contributed by atoms with van der Waals surface area (Å²) in [6.07, 6.45) is 1.51. The number of benzene rings is 1. The highest BCUT2D eigenvalue weighted by Crippen LogP contribution is 2.24. The van der Waals surface area contributed by atoms with Crippen molar-refractivity contribution in [3.05, 3.63) is 53.7 Å². The van der Waals surface area contributed by atoms with Gasteiger partial charge >= 0.3 is 0 Å². The fourth-order valence-electron chi connectivity index (χ4n) is 2.16. The molecule has 0 bridgehead atoms. The van der Waals surface area contributed by atoms with Crippen LogP contribution in [0.15, 0.2) is 46.6 Å². The van der Waals surface area contributed by atoms with Gasteiger partial charge in [-0.15, -0.1) is 11.3 Å². The van der Waals surface area contributed by atoms with Gasteiger partial charge in [-0.05, 0) is 23.6 Å². The molecule has 0 aliphatic carbocycles. The zero-order valence-electron chi connectivity index (χ0n) is 11.7. The van der Waals surface area contributed by atoms with Gasteiger partial charge in [0, 0.05) is 5.56 Å². The first-order valence-corrected chi connectivity index (χ1v) is 7.68. The molecule has 114 valence electrons. The second kappa shape index (κ2) is 5.73. The third kappa shape index (κ3) is 2.76. The Bertz CT molecular complexity index is 967. The summed E-state index contributed by atoms with van der Waals surface area (Å²) in [5.41, 5.74) is 0.572. The summed E-state index contributed by atoms with van der Waals surface area (Å²) in [6.45, 7) is 0.324. The lowest BCUT2D eigenvalue weighted by Gasteiger charge is -2.02. The highest BCUT2D eigenvalue weighted by atomic mass is 32.1. The largest absolute Gasteiger partial charge is 0.360 e. The summed E-state index contributed by atoms with van der Waals surface area (Å²) in [4.78, 5) is 13.6. The molecule has 1 N–H and O–H groups in total. The molecule has 0 aliphatic heterocycles. The Labute approximate surface area is 134 Å². The zero-order valence-corrected chi connectivity index (χ0v) is 12.5. The second-order valence-corrected chi connectivity index (χ2v) is 5.63. The molecule has 8 heteroatoms. The summed E-state index contributed by atoms with van der Waals surface area (Å²) in [6, 6.07) is 8.01. The molecule has 23 heavy (non-hydrogen) atoms. The molecule has 0 saturated heterocycles. The molecule has 3 heterocycles. The maximum Gasteiger partial charge on any atom is 0.246 e. The van der Waals surface area contributed by atoms with Crippen LogP contribution < -0.4 is 5.32 Å². The summed E-state index contributed by atoms with van der Waals surface area (Å²) in [5, 5.41) is 9.92. The Balaban J connectivity index is 1.53. The van der Waals surface area contributed by atoms with Gasteiger partial charge in [-0.1, -0.05) is 17.3 Å². The maximum absolute atomic E-state index is 13.2. The molecule has 0 fully saturated rings. The standard InChI is InChI=1S/C15H10FN5OS/c16-10-3-1-2-9(6-10)13-20-12(22-21-13)7-17-14-11-4-5-23-15(11)19-8-18-14/h1-6,8H,7H2,(H,17,18,19). The minimum Gasteiger partial charge on any atom is -0.360 e. The first-order chi connectivity index (χ1) is 11.3. The number of halogens is 1. The van der Waals surface area contributed by atoms with E-state index in [1.54, 1.807) is 23.5 Å². The monoisotopic (exact) mass is 327 g/mol. The Morgan fingerprint density at radius 1 is 1.22 bits per heavy atom. The average Bonchev–Trinajstić information content (AvgIpc) is 3.22. The van der Waals surface area contributed by atoms with E-state index in [0.29, 0.717) is 29.6 Å². The van der Waals surface area contributed by atoms with E-state index < -0.39 is 0 Å². The van der Waals surface area contributed by atoms with Crippen molar-refractivity contribution >= 4 is 27.4 Å². The van der Waals surface area contributed by atoms with Crippen LogP contribution in [0.1, 0.15) is 5.89 Å². The second-order valence-electron chi connectivity index (χ2n) is 4.74. The number of hydrogen-bond donors (Lipinski definition) is 1. The number of anilines is 1. The van der Waals surface area contributed by atoms with Crippen LogP contribution in [0, 0.1) is 5.82 Å². The van der Waals surface area contributed by atoms with Gasteiger partial charge in [0.1, 0.15) is 22.8 Å². The van der Waals surface area contributed by atoms with Crippen molar-refractivity contribution in [2.45, 2.75) is 6.54 Å².